The van der Waals surface area contributed by atoms with Crippen molar-refractivity contribution in [1.82, 2.24) is 10.4 Å². The molecule has 3 nitrogen and oxygen atoms in total. The van der Waals surface area contributed by atoms with Crippen LogP contribution in [0.2, 0.25) is 0 Å². The number of aromatic nitrogens is 1. The van der Waals surface area contributed by atoms with Gasteiger partial charge in [0.15, 0.2) is 0 Å². The van der Waals surface area contributed by atoms with Crippen LogP contribution in [-0.2, 0) is 0 Å². The van der Waals surface area contributed by atoms with E-state index in [1.54, 1.807) is 6.20 Å². The van der Waals surface area contributed by atoms with Crippen molar-refractivity contribution in [2.75, 3.05) is 5.43 Å². The molecule has 0 atom stereocenters. The molecule has 0 saturated heterocycles. The van der Waals surface area contributed by atoms with Crippen molar-refractivity contribution in [3.05, 3.63) is 23.0 Å². The number of hydrazine groups is 1. The van der Waals surface area contributed by atoms with Crippen LogP contribution in [0.1, 0.15) is 5.56 Å². The molecule has 0 radical (unpaired) electrons. The Hall–Kier alpha value is -1.09. The molecule has 0 fully saturated rings. The van der Waals surface area contributed by atoms with E-state index in [1.807, 2.05) is 12.1 Å². The van der Waals surface area contributed by atoms with Gasteiger partial charge in [0.1, 0.15) is 5.16 Å². The molecule has 0 spiro atoms. The van der Waals surface area contributed by atoms with Crippen LogP contribution in [0.15, 0.2) is 17.4 Å². The molecule has 1 aliphatic rings. The van der Waals surface area contributed by atoms with Gasteiger partial charge in [-0.1, -0.05) is 23.9 Å². The molecule has 0 amide bonds. The minimum atomic E-state index is 0.584. The van der Waals surface area contributed by atoms with Crippen molar-refractivity contribution >= 4 is 23.5 Å². The van der Waals surface area contributed by atoms with E-state index < -0.39 is 0 Å². The lowest BCUT2D eigenvalue weighted by Gasteiger charge is -2.20. The number of anilines is 1. The van der Waals surface area contributed by atoms with E-state index in [9.17, 15) is 0 Å². The first-order valence-corrected chi connectivity index (χ1v) is 3.25. The van der Waals surface area contributed by atoms with E-state index in [0.717, 1.165) is 11.4 Å². The zero-order valence-electron chi connectivity index (χ0n) is 5.06. The molecule has 1 aromatic heterocycles. The largest absolute Gasteiger partial charge is 0.441 e. The summed E-state index contributed by atoms with van der Waals surface area (Å²) >= 11 is 5.66. The van der Waals surface area contributed by atoms with Crippen LogP contribution in [-0.4, -0.2) is 0 Å². The highest BCUT2D eigenvalue weighted by molar-refractivity contribution is 6.31. The predicted molar refractivity (Wildman–Crippen MR) is 40.4 cm³/mol. The second-order valence-corrected chi connectivity index (χ2v) is 2.40. The Morgan fingerprint density at radius 1 is 1.40 bits per heavy atom. The third kappa shape index (κ3) is 0.752. The third-order valence-electron chi connectivity index (χ3n) is 1.31. The van der Waals surface area contributed by atoms with Gasteiger partial charge in [-0.15, -0.1) is 0 Å². The van der Waals surface area contributed by atoms with Crippen molar-refractivity contribution in [1.29, 1.82) is 0 Å². The summed E-state index contributed by atoms with van der Waals surface area (Å²) in [6.45, 7) is 0. The number of halogens is 1. The summed E-state index contributed by atoms with van der Waals surface area (Å²) in [5, 5.41) is 0.584. The highest BCUT2D eigenvalue weighted by Gasteiger charge is 1.99. The fourth-order valence-corrected chi connectivity index (χ4v) is 1.02. The molecule has 1 aliphatic heterocycles. The second kappa shape index (κ2) is 1.95. The van der Waals surface area contributed by atoms with Crippen molar-refractivity contribution in [3.8, 4) is 0 Å². The lowest BCUT2D eigenvalue weighted by atomic mass is 10.3. The molecule has 1 aromatic rings. The summed E-state index contributed by atoms with van der Waals surface area (Å²) in [6, 6.07) is 1.89. The Morgan fingerprint density at radius 3 is 3.20 bits per heavy atom. The van der Waals surface area contributed by atoms with Gasteiger partial charge in [0, 0.05) is 0 Å². The molecule has 52 valence electrons. The fraction of sp³-hybridized carbons (Fsp3) is 0. The SMILES string of the molecule is ClC1=Cc2cc[n-]c2NN1. The molecule has 2 rings (SSSR count). The number of nitrogens with one attached hydrogen (secondary N) is 2. The first-order chi connectivity index (χ1) is 4.86. The normalized spacial score (nSPS) is 14.7. The molecule has 0 unspecified atom stereocenters. The van der Waals surface area contributed by atoms with Crippen LogP contribution in [0, 0.1) is 0 Å². The van der Waals surface area contributed by atoms with E-state index >= 15 is 0 Å². The lowest BCUT2D eigenvalue weighted by Crippen LogP contribution is -2.21. The van der Waals surface area contributed by atoms with Crippen molar-refractivity contribution in [3.63, 3.8) is 0 Å². The minimum Gasteiger partial charge on any atom is -0.441 e. The minimum absolute atomic E-state index is 0.584. The average Bonchev–Trinajstić information content (AvgIpc) is 2.33. The molecule has 0 aliphatic carbocycles. The van der Waals surface area contributed by atoms with Gasteiger partial charge in [0.25, 0.3) is 0 Å². The summed E-state index contributed by atoms with van der Waals surface area (Å²) < 4.78 is 0. The van der Waals surface area contributed by atoms with E-state index in [-0.39, 0.29) is 0 Å². The van der Waals surface area contributed by atoms with Gasteiger partial charge in [-0.3, -0.25) is 0 Å². The van der Waals surface area contributed by atoms with Gasteiger partial charge in [-0.2, -0.15) is 0 Å². The van der Waals surface area contributed by atoms with Crippen LogP contribution in [0.25, 0.3) is 6.08 Å². The maximum atomic E-state index is 5.66. The van der Waals surface area contributed by atoms with Gasteiger partial charge < -0.3 is 15.8 Å². The Balaban J connectivity index is 2.50. The average molecular weight is 155 g/mol. The monoisotopic (exact) mass is 154 g/mol. The second-order valence-electron chi connectivity index (χ2n) is 1.99. The summed E-state index contributed by atoms with van der Waals surface area (Å²) in [7, 11) is 0. The van der Waals surface area contributed by atoms with Gasteiger partial charge in [0.2, 0.25) is 0 Å². The topological polar surface area (TPSA) is 38.2 Å². The van der Waals surface area contributed by atoms with Gasteiger partial charge in [-0.05, 0) is 17.5 Å². The third-order valence-corrected chi connectivity index (χ3v) is 1.52. The standard InChI is InChI=1S/C6H5ClN3/c7-5-3-4-1-2-8-6(4)10-9-5/h1-3,9-10H/q-1. The summed E-state index contributed by atoms with van der Waals surface area (Å²) in [5.41, 5.74) is 6.59. The smallest absolute Gasteiger partial charge is 0.105 e. The molecule has 0 saturated carbocycles. The first kappa shape index (κ1) is 5.68. The number of hydrogen-bond donors (Lipinski definition) is 2. The number of rotatable bonds is 0. The predicted octanol–water partition coefficient (Wildman–Crippen LogP) is 1.11. The Labute approximate surface area is 63.0 Å². The lowest BCUT2D eigenvalue weighted by molar-refractivity contribution is 1.00. The summed E-state index contributed by atoms with van der Waals surface area (Å²) in [4.78, 5) is 4.01. The Bertz CT molecular complexity index is 276. The number of hydrogen-bond acceptors (Lipinski definition) is 2. The summed E-state index contributed by atoms with van der Waals surface area (Å²) in [6.07, 6.45) is 3.55. The maximum Gasteiger partial charge on any atom is 0.105 e. The molecule has 4 heteroatoms. The van der Waals surface area contributed by atoms with Crippen LogP contribution < -0.4 is 15.8 Å². The van der Waals surface area contributed by atoms with Gasteiger partial charge >= 0.3 is 0 Å². The number of nitrogens with zero attached hydrogens (tertiary/aromatic N) is 1. The Kier molecular flexibility index (Phi) is 1.11. The Morgan fingerprint density at radius 2 is 2.30 bits per heavy atom. The molecule has 2 N–H and O–H groups in total. The zero-order valence-corrected chi connectivity index (χ0v) is 5.81. The quantitative estimate of drug-likeness (QED) is 0.550. The molecular formula is C6H5ClN3-. The fourth-order valence-electron chi connectivity index (χ4n) is 0.858. The van der Waals surface area contributed by atoms with Gasteiger partial charge in [-0.25, -0.2) is 0 Å². The molecular weight excluding hydrogens is 150 g/mol. The zero-order chi connectivity index (χ0) is 6.97. The van der Waals surface area contributed by atoms with Crippen LogP contribution in [0.4, 0.5) is 5.82 Å². The van der Waals surface area contributed by atoms with Crippen molar-refractivity contribution in [2.45, 2.75) is 0 Å². The van der Waals surface area contributed by atoms with Crippen molar-refractivity contribution < 1.29 is 0 Å². The number of fused-ring (bicyclic) bond motifs is 1. The van der Waals surface area contributed by atoms with E-state index in [0.29, 0.717) is 5.16 Å². The molecule has 0 bridgehead atoms. The highest BCUT2D eigenvalue weighted by Crippen LogP contribution is 2.19. The highest BCUT2D eigenvalue weighted by atomic mass is 35.5. The van der Waals surface area contributed by atoms with Crippen LogP contribution >= 0.6 is 11.6 Å². The molecule has 2 heterocycles. The van der Waals surface area contributed by atoms with E-state index in [4.69, 9.17) is 11.6 Å². The van der Waals surface area contributed by atoms with E-state index in [2.05, 4.69) is 15.8 Å². The van der Waals surface area contributed by atoms with Crippen LogP contribution in [0.3, 0.4) is 0 Å². The maximum absolute atomic E-state index is 5.66. The molecule has 10 heavy (non-hydrogen) atoms. The first-order valence-electron chi connectivity index (χ1n) is 2.87. The van der Waals surface area contributed by atoms with Crippen molar-refractivity contribution in [2.24, 2.45) is 0 Å². The molecule has 0 aromatic carbocycles. The van der Waals surface area contributed by atoms with Gasteiger partial charge in [0.05, 0.1) is 0 Å². The van der Waals surface area contributed by atoms with Crippen LogP contribution in [0.5, 0.6) is 0 Å². The van der Waals surface area contributed by atoms with E-state index in [1.165, 1.54) is 0 Å². The summed E-state index contributed by atoms with van der Waals surface area (Å²) in [5.74, 6) is 0.824.